The van der Waals surface area contributed by atoms with Gasteiger partial charge in [0.1, 0.15) is 0 Å². The standard InChI is InChI=1S/C23H31N5O/c29-22(23(8-9-23)16-27-12-10-24-17-27)28-11-4-7-19(15-28)21-20(14-25-26-21)13-18-5-2-1-3-6-18/h1-3,5-6,10,12,17,19-21,25-26H,4,7-9,11,13-16H2. The van der Waals surface area contributed by atoms with Crippen molar-refractivity contribution in [1.29, 1.82) is 0 Å². The third-order valence-electron chi connectivity index (χ3n) is 7.09. The number of hydrogen-bond acceptors (Lipinski definition) is 4. The van der Waals surface area contributed by atoms with Crippen LogP contribution < -0.4 is 10.9 Å². The summed E-state index contributed by atoms with van der Waals surface area (Å²) >= 11 is 0. The SMILES string of the molecule is O=C(N1CCCC(C2NNCC2Cc2ccccc2)C1)C1(Cn2ccnc2)CC1. The first-order valence-corrected chi connectivity index (χ1v) is 11.0. The Morgan fingerprint density at radius 2 is 2.10 bits per heavy atom. The van der Waals surface area contributed by atoms with Crippen LogP contribution in [0.5, 0.6) is 0 Å². The number of aromatic nitrogens is 2. The van der Waals surface area contributed by atoms with Crippen LogP contribution >= 0.6 is 0 Å². The number of hydrogen-bond donors (Lipinski definition) is 2. The molecule has 154 valence electrons. The second-order valence-corrected chi connectivity index (χ2v) is 9.17. The van der Waals surface area contributed by atoms with Crippen LogP contribution in [-0.4, -0.2) is 46.0 Å². The minimum absolute atomic E-state index is 0.187. The fourth-order valence-electron chi connectivity index (χ4n) is 5.31. The number of likely N-dealkylation sites (tertiary alicyclic amines) is 1. The molecule has 2 saturated heterocycles. The molecular formula is C23H31N5O. The summed E-state index contributed by atoms with van der Waals surface area (Å²) in [5, 5.41) is 0. The van der Waals surface area contributed by atoms with Gasteiger partial charge in [-0.2, -0.15) is 0 Å². The molecule has 29 heavy (non-hydrogen) atoms. The van der Waals surface area contributed by atoms with Gasteiger partial charge in [-0.1, -0.05) is 30.3 Å². The lowest BCUT2D eigenvalue weighted by atomic mass is 9.81. The topological polar surface area (TPSA) is 62.2 Å². The van der Waals surface area contributed by atoms with Gasteiger partial charge in [-0.15, -0.1) is 0 Å². The average Bonchev–Trinajstić information content (AvgIpc) is 3.13. The van der Waals surface area contributed by atoms with Crippen molar-refractivity contribution in [3.05, 3.63) is 54.6 Å². The summed E-state index contributed by atoms with van der Waals surface area (Å²) in [7, 11) is 0. The highest BCUT2D eigenvalue weighted by Gasteiger charge is 2.52. The maximum atomic E-state index is 13.4. The number of nitrogens with one attached hydrogen (secondary N) is 2. The molecule has 2 N–H and O–H groups in total. The van der Waals surface area contributed by atoms with E-state index in [-0.39, 0.29) is 5.41 Å². The van der Waals surface area contributed by atoms with E-state index in [9.17, 15) is 4.79 Å². The van der Waals surface area contributed by atoms with Gasteiger partial charge in [0, 0.05) is 44.6 Å². The fourth-order valence-corrected chi connectivity index (χ4v) is 5.31. The number of carbonyl (C=O) groups is 1. The summed E-state index contributed by atoms with van der Waals surface area (Å²) in [6.07, 6.45) is 11.0. The molecule has 3 fully saturated rings. The van der Waals surface area contributed by atoms with E-state index in [0.717, 1.165) is 51.9 Å². The van der Waals surface area contributed by atoms with Crippen LogP contribution in [0.4, 0.5) is 0 Å². The first-order valence-electron chi connectivity index (χ1n) is 11.0. The van der Waals surface area contributed by atoms with E-state index < -0.39 is 0 Å². The lowest BCUT2D eigenvalue weighted by Gasteiger charge is -2.39. The maximum Gasteiger partial charge on any atom is 0.230 e. The van der Waals surface area contributed by atoms with Gasteiger partial charge in [-0.05, 0) is 49.5 Å². The van der Waals surface area contributed by atoms with Crippen molar-refractivity contribution in [3.8, 4) is 0 Å². The van der Waals surface area contributed by atoms with Gasteiger partial charge in [0.15, 0.2) is 0 Å². The minimum Gasteiger partial charge on any atom is -0.342 e. The van der Waals surface area contributed by atoms with E-state index >= 15 is 0 Å². The molecule has 0 spiro atoms. The second kappa shape index (κ2) is 7.92. The quantitative estimate of drug-likeness (QED) is 0.790. The largest absolute Gasteiger partial charge is 0.342 e. The number of nitrogens with zero attached hydrogens (tertiary/aromatic N) is 3. The normalized spacial score (nSPS) is 28.4. The Morgan fingerprint density at radius 3 is 2.86 bits per heavy atom. The Kier molecular flexibility index (Phi) is 5.14. The first kappa shape index (κ1) is 18.8. The van der Waals surface area contributed by atoms with Crippen molar-refractivity contribution in [2.24, 2.45) is 17.3 Å². The van der Waals surface area contributed by atoms with Crippen LogP contribution in [0.25, 0.3) is 0 Å². The van der Waals surface area contributed by atoms with Crippen molar-refractivity contribution >= 4 is 5.91 Å². The summed E-state index contributed by atoms with van der Waals surface area (Å²) in [6.45, 7) is 3.56. The molecule has 2 aliphatic heterocycles. The Hall–Kier alpha value is -2.18. The van der Waals surface area contributed by atoms with Gasteiger partial charge >= 0.3 is 0 Å². The highest BCUT2D eigenvalue weighted by atomic mass is 16.2. The molecule has 3 atom stereocenters. The van der Waals surface area contributed by atoms with Crippen molar-refractivity contribution in [3.63, 3.8) is 0 Å². The molecule has 3 unspecified atom stereocenters. The number of amides is 1. The summed E-state index contributed by atoms with van der Waals surface area (Å²) in [5.41, 5.74) is 8.15. The zero-order chi connectivity index (χ0) is 19.7. The Morgan fingerprint density at radius 1 is 1.24 bits per heavy atom. The second-order valence-electron chi connectivity index (χ2n) is 9.17. The Labute approximate surface area is 172 Å². The smallest absolute Gasteiger partial charge is 0.230 e. The van der Waals surface area contributed by atoms with E-state index in [0.29, 0.717) is 23.8 Å². The van der Waals surface area contributed by atoms with Gasteiger partial charge in [-0.25, -0.2) is 4.98 Å². The van der Waals surface area contributed by atoms with Crippen LogP contribution in [-0.2, 0) is 17.8 Å². The van der Waals surface area contributed by atoms with Gasteiger partial charge in [0.05, 0.1) is 11.7 Å². The van der Waals surface area contributed by atoms with Gasteiger partial charge in [0.25, 0.3) is 0 Å². The number of carbonyl (C=O) groups excluding carboxylic acids is 1. The van der Waals surface area contributed by atoms with Gasteiger partial charge < -0.3 is 9.47 Å². The van der Waals surface area contributed by atoms with Crippen LogP contribution in [0, 0.1) is 17.3 Å². The molecule has 1 amide bonds. The molecule has 1 saturated carbocycles. The molecule has 5 rings (SSSR count). The Balaban J connectivity index is 1.24. The fraction of sp³-hybridized carbons (Fsp3) is 0.565. The molecule has 1 aromatic heterocycles. The van der Waals surface area contributed by atoms with E-state index in [1.54, 1.807) is 6.20 Å². The molecule has 1 aromatic carbocycles. The monoisotopic (exact) mass is 393 g/mol. The number of rotatable bonds is 6. The van der Waals surface area contributed by atoms with E-state index in [2.05, 4.69) is 55.6 Å². The van der Waals surface area contributed by atoms with E-state index in [4.69, 9.17) is 0 Å². The minimum atomic E-state index is -0.187. The summed E-state index contributed by atoms with van der Waals surface area (Å²) in [6, 6.07) is 11.2. The molecular weight excluding hydrogens is 362 g/mol. The maximum absolute atomic E-state index is 13.4. The highest BCUT2D eigenvalue weighted by Crippen LogP contribution is 2.49. The van der Waals surface area contributed by atoms with Crippen molar-refractivity contribution in [1.82, 2.24) is 25.3 Å². The molecule has 0 radical (unpaired) electrons. The zero-order valence-electron chi connectivity index (χ0n) is 17.0. The summed E-state index contributed by atoms with van der Waals surface area (Å²) < 4.78 is 2.06. The van der Waals surface area contributed by atoms with Crippen LogP contribution in [0.2, 0.25) is 0 Å². The molecule has 2 aromatic rings. The van der Waals surface area contributed by atoms with Gasteiger partial charge in [0.2, 0.25) is 5.91 Å². The summed E-state index contributed by atoms with van der Waals surface area (Å²) in [4.78, 5) is 19.7. The van der Waals surface area contributed by atoms with Crippen LogP contribution in [0.1, 0.15) is 31.2 Å². The third-order valence-corrected chi connectivity index (χ3v) is 7.09. The molecule has 6 heteroatoms. The van der Waals surface area contributed by atoms with Crippen molar-refractivity contribution < 1.29 is 4.79 Å². The molecule has 1 aliphatic carbocycles. The van der Waals surface area contributed by atoms with Gasteiger partial charge in [-0.3, -0.25) is 15.6 Å². The van der Waals surface area contributed by atoms with Crippen molar-refractivity contribution in [2.75, 3.05) is 19.6 Å². The average molecular weight is 394 g/mol. The molecule has 6 nitrogen and oxygen atoms in total. The Bertz CT molecular complexity index is 817. The number of imidazole rings is 1. The molecule has 3 heterocycles. The zero-order valence-corrected chi connectivity index (χ0v) is 17.0. The number of hydrazine groups is 1. The van der Waals surface area contributed by atoms with E-state index in [1.807, 2.05) is 12.5 Å². The van der Waals surface area contributed by atoms with E-state index in [1.165, 1.54) is 12.0 Å². The molecule has 0 bridgehead atoms. The molecule has 3 aliphatic rings. The summed E-state index contributed by atoms with van der Waals surface area (Å²) in [5.74, 6) is 1.44. The lowest BCUT2D eigenvalue weighted by Crippen LogP contribution is -2.50. The predicted octanol–water partition coefficient (Wildman–Crippen LogP) is 2.24. The first-order chi connectivity index (χ1) is 14.2. The van der Waals surface area contributed by atoms with Crippen molar-refractivity contribution in [2.45, 2.75) is 44.7 Å². The third kappa shape index (κ3) is 3.96. The lowest BCUT2D eigenvalue weighted by molar-refractivity contribution is -0.139. The van der Waals surface area contributed by atoms with Crippen LogP contribution in [0.15, 0.2) is 49.1 Å². The predicted molar refractivity (Wildman–Crippen MR) is 112 cm³/mol. The van der Waals surface area contributed by atoms with Crippen LogP contribution in [0.3, 0.4) is 0 Å². The highest BCUT2D eigenvalue weighted by molar-refractivity contribution is 5.85. The number of piperidine rings is 1. The number of benzene rings is 1.